The predicted octanol–water partition coefficient (Wildman–Crippen LogP) is 4.61. The predicted molar refractivity (Wildman–Crippen MR) is 114 cm³/mol. The van der Waals surface area contributed by atoms with Crippen LogP contribution in [0.1, 0.15) is 23.6 Å². The average Bonchev–Trinajstić information content (AvgIpc) is 3.18. The van der Waals surface area contributed by atoms with Crippen molar-refractivity contribution in [3.8, 4) is 11.4 Å². The van der Waals surface area contributed by atoms with Gasteiger partial charge in [-0.05, 0) is 30.7 Å². The summed E-state index contributed by atoms with van der Waals surface area (Å²) < 4.78 is 7.46. The lowest BCUT2D eigenvalue weighted by atomic mass is 10.0. The van der Waals surface area contributed by atoms with Crippen LogP contribution < -0.4 is 10.1 Å². The van der Waals surface area contributed by atoms with E-state index < -0.39 is 0 Å². The number of carbonyl (C=O) groups is 1. The van der Waals surface area contributed by atoms with Gasteiger partial charge in [-0.3, -0.25) is 9.36 Å². The molecule has 0 saturated carbocycles. The van der Waals surface area contributed by atoms with Gasteiger partial charge < -0.3 is 10.1 Å². The van der Waals surface area contributed by atoms with Crippen molar-refractivity contribution >= 4 is 40.9 Å². The first-order valence-corrected chi connectivity index (χ1v) is 10.8. The average molecular weight is 449 g/mol. The number of hydrogen-bond donors (Lipinski definition) is 1. The Kier molecular flexibility index (Phi) is 5.99. The zero-order chi connectivity index (χ0) is 20.4. The molecule has 0 spiro atoms. The van der Waals surface area contributed by atoms with E-state index in [9.17, 15) is 4.79 Å². The molecule has 3 aromatic rings. The Morgan fingerprint density at radius 3 is 3.00 bits per heavy atom. The lowest BCUT2D eigenvalue weighted by molar-refractivity contribution is -0.119. The third kappa shape index (κ3) is 4.37. The molecule has 9 heteroatoms. The van der Waals surface area contributed by atoms with E-state index in [2.05, 4.69) is 15.5 Å². The standard InChI is InChI=1S/C20H18Cl2N4O2S/c1-12-5-6-13(9-16(12)22)26-11-23-25-20(26)29-10-18(27)24-17-7-8-28-19-14(17)3-2-4-15(19)21/h2-6,9,11,17H,7-8,10H2,1H3,(H,24,27)/t17-/m0/s1. The van der Waals surface area contributed by atoms with Gasteiger partial charge in [-0.25, -0.2) is 0 Å². The topological polar surface area (TPSA) is 69.0 Å². The third-order valence-corrected chi connectivity index (χ3v) is 6.29. The summed E-state index contributed by atoms with van der Waals surface area (Å²) in [6.45, 7) is 2.46. The van der Waals surface area contributed by atoms with Gasteiger partial charge in [0.25, 0.3) is 0 Å². The highest BCUT2D eigenvalue weighted by Crippen LogP contribution is 2.37. The van der Waals surface area contributed by atoms with Crippen LogP contribution in [0.15, 0.2) is 47.9 Å². The van der Waals surface area contributed by atoms with E-state index in [0.29, 0.717) is 34.0 Å². The first-order valence-electron chi connectivity index (χ1n) is 9.03. The fourth-order valence-corrected chi connectivity index (χ4v) is 4.29. The van der Waals surface area contributed by atoms with E-state index in [1.807, 2.05) is 41.8 Å². The summed E-state index contributed by atoms with van der Waals surface area (Å²) in [4.78, 5) is 12.6. The number of halogens is 2. The Hall–Kier alpha value is -2.22. The number of ether oxygens (including phenoxy) is 1. The minimum atomic E-state index is -0.126. The van der Waals surface area contributed by atoms with Gasteiger partial charge in [-0.2, -0.15) is 0 Å². The Morgan fingerprint density at radius 1 is 1.31 bits per heavy atom. The second-order valence-corrected chi connectivity index (χ2v) is 8.38. The van der Waals surface area contributed by atoms with E-state index in [4.69, 9.17) is 27.9 Å². The van der Waals surface area contributed by atoms with Gasteiger partial charge in [-0.15, -0.1) is 10.2 Å². The number of thioether (sulfide) groups is 1. The number of para-hydroxylation sites is 1. The SMILES string of the molecule is Cc1ccc(-n2cnnc2SCC(=O)N[C@H]2CCOc3c(Cl)cccc32)cc1Cl. The van der Waals surface area contributed by atoms with Crippen LogP contribution in [0.25, 0.3) is 5.69 Å². The van der Waals surface area contributed by atoms with E-state index >= 15 is 0 Å². The molecule has 0 aliphatic carbocycles. The highest BCUT2D eigenvalue weighted by atomic mass is 35.5. The number of hydrogen-bond acceptors (Lipinski definition) is 5. The summed E-state index contributed by atoms with van der Waals surface area (Å²) in [5.74, 6) is 0.768. The van der Waals surface area contributed by atoms with E-state index in [1.54, 1.807) is 12.4 Å². The maximum Gasteiger partial charge on any atom is 0.230 e. The first-order chi connectivity index (χ1) is 14.0. The number of rotatable bonds is 5. The minimum Gasteiger partial charge on any atom is -0.492 e. The molecule has 2 aromatic carbocycles. The molecule has 1 amide bonds. The quantitative estimate of drug-likeness (QED) is 0.576. The van der Waals surface area contributed by atoms with Crippen LogP contribution in [-0.2, 0) is 4.79 Å². The molecule has 0 unspecified atom stereocenters. The molecule has 0 fully saturated rings. The normalized spacial score (nSPS) is 15.5. The van der Waals surface area contributed by atoms with Crippen molar-refractivity contribution in [2.45, 2.75) is 24.5 Å². The van der Waals surface area contributed by atoms with Crippen molar-refractivity contribution in [3.63, 3.8) is 0 Å². The van der Waals surface area contributed by atoms with Gasteiger partial charge in [-0.1, -0.05) is 53.2 Å². The second kappa shape index (κ2) is 8.65. The van der Waals surface area contributed by atoms with Crippen LogP contribution in [0.2, 0.25) is 10.0 Å². The van der Waals surface area contributed by atoms with Crippen LogP contribution >= 0.6 is 35.0 Å². The van der Waals surface area contributed by atoms with Gasteiger partial charge in [0.15, 0.2) is 5.16 Å². The summed E-state index contributed by atoms with van der Waals surface area (Å²) in [5, 5.41) is 13.0. The molecular weight excluding hydrogens is 431 g/mol. The summed E-state index contributed by atoms with van der Waals surface area (Å²) in [5.41, 5.74) is 2.75. The largest absolute Gasteiger partial charge is 0.492 e. The number of fused-ring (bicyclic) bond motifs is 1. The van der Waals surface area contributed by atoms with Gasteiger partial charge in [0.2, 0.25) is 5.91 Å². The Bertz CT molecular complexity index is 1060. The first kappa shape index (κ1) is 20.1. The molecule has 0 saturated heterocycles. The number of aryl methyl sites for hydroxylation is 1. The molecule has 1 aromatic heterocycles. The van der Waals surface area contributed by atoms with Gasteiger partial charge in [0, 0.05) is 17.0 Å². The molecule has 150 valence electrons. The summed E-state index contributed by atoms with van der Waals surface area (Å²) in [6, 6.07) is 11.2. The van der Waals surface area contributed by atoms with Crippen LogP contribution in [0.4, 0.5) is 0 Å². The molecule has 0 radical (unpaired) electrons. The highest BCUT2D eigenvalue weighted by molar-refractivity contribution is 7.99. The number of amides is 1. The molecular formula is C20H18Cl2N4O2S. The van der Waals surface area contributed by atoms with Crippen molar-refractivity contribution in [3.05, 3.63) is 63.9 Å². The fourth-order valence-electron chi connectivity index (χ4n) is 3.13. The second-order valence-electron chi connectivity index (χ2n) is 6.62. The number of nitrogens with one attached hydrogen (secondary N) is 1. The molecule has 1 aliphatic heterocycles. The van der Waals surface area contributed by atoms with Crippen LogP contribution in [0.5, 0.6) is 5.75 Å². The smallest absolute Gasteiger partial charge is 0.230 e. The maximum atomic E-state index is 12.6. The van der Waals surface area contributed by atoms with Gasteiger partial charge in [0.05, 0.1) is 29.1 Å². The molecule has 2 heterocycles. The Balaban J connectivity index is 1.42. The Morgan fingerprint density at radius 2 is 2.17 bits per heavy atom. The number of carbonyl (C=O) groups excluding carboxylic acids is 1. The van der Waals surface area contributed by atoms with Crippen LogP contribution in [0, 0.1) is 6.92 Å². The van der Waals surface area contributed by atoms with Crippen molar-refractivity contribution in [1.29, 1.82) is 0 Å². The zero-order valence-corrected chi connectivity index (χ0v) is 17.9. The molecule has 4 rings (SSSR count). The number of benzene rings is 2. The van der Waals surface area contributed by atoms with Gasteiger partial charge >= 0.3 is 0 Å². The molecule has 1 aliphatic rings. The van der Waals surface area contributed by atoms with Crippen molar-refractivity contribution < 1.29 is 9.53 Å². The molecule has 6 nitrogen and oxygen atoms in total. The lowest BCUT2D eigenvalue weighted by Gasteiger charge is -2.27. The third-order valence-electron chi connectivity index (χ3n) is 4.64. The monoisotopic (exact) mass is 448 g/mol. The zero-order valence-electron chi connectivity index (χ0n) is 15.6. The van der Waals surface area contributed by atoms with E-state index in [1.165, 1.54) is 11.8 Å². The van der Waals surface area contributed by atoms with Crippen LogP contribution in [-0.4, -0.2) is 33.0 Å². The lowest BCUT2D eigenvalue weighted by Crippen LogP contribution is -2.33. The van der Waals surface area contributed by atoms with E-state index in [0.717, 1.165) is 16.8 Å². The minimum absolute atomic E-state index is 0.0932. The summed E-state index contributed by atoms with van der Waals surface area (Å²) >= 11 is 13.7. The molecule has 1 N–H and O–H groups in total. The molecule has 29 heavy (non-hydrogen) atoms. The maximum absolute atomic E-state index is 12.6. The Labute approximate surface area is 182 Å². The molecule has 1 atom stereocenters. The van der Waals surface area contributed by atoms with E-state index in [-0.39, 0.29) is 17.7 Å². The van der Waals surface area contributed by atoms with Gasteiger partial charge in [0.1, 0.15) is 12.1 Å². The summed E-state index contributed by atoms with van der Waals surface area (Å²) in [6.07, 6.45) is 2.31. The number of nitrogens with zero attached hydrogens (tertiary/aromatic N) is 3. The number of aromatic nitrogens is 3. The summed E-state index contributed by atoms with van der Waals surface area (Å²) in [7, 11) is 0. The van der Waals surface area contributed by atoms with Crippen molar-refractivity contribution in [1.82, 2.24) is 20.1 Å². The highest BCUT2D eigenvalue weighted by Gasteiger charge is 2.24. The van der Waals surface area contributed by atoms with Crippen molar-refractivity contribution in [2.24, 2.45) is 0 Å². The molecule has 0 bridgehead atoms. The van der Waals surface area contributed by atoms with Crippen LogP contribution in [0.3, 0.4) is 0 Å². The van der Waals surface area contributed by atoms with Crippen molar-refractivity contribution in [2.75, 3.05) is 12.4 Å². The fraction of sp³-hybridized carbons (Fsp3) is 0.250.